The summed E-state index contributed by atoms with van der Waals surface area (Å²) >= 11 is 0. The number of carbonyl (C=O) groups excluding carboxylic acids is 1. The Bertz CT molecular complexity index is 738. The minimum Gasteiger partial charge on any atom is -0.457 e. The molecule has 0 saturated heterocycles. The molecule has 0 aromatic carbocycles. The summed E-state index contributed by atoms with van der Waals surface area (Å²) in [5.74, 6) is -0.204. The minimum absolute atomic E-state index is 0.175. The number of hydrogen-bond acceptors (Lipinski definition) is 4. The molecule has 1 unspecified atom stereocenters. The van der Waals surface area contributed by atoms with Gasteiger partial charge in [0.1, 0.15) is 6.10 Å². The molecule has 1 N–H and O–H groups in total. The predicted octanol–water partition coefficient (Wildman–Crippen LogP) is 13.1. The number of rotatable bonds is 37. The van der Waals surface area contributed by atoms with Crippen molar-refractivity contribution in [3.8, 4) is 0 Å². The Morgan fingerprint density at radius 2 is 0.957 bits per heavy atom. The van der Waals surface area contributed by atoms with Crippen LogP contribution in [0.15, 0.2) is 48.6 Å². The van der Waals surface area contributed by atoms with Gasteiger partial charge in [0.15, 0.2) is 0 Å². The van der Waals surface area contributed by atoms with Crippen molar-refractivity contribution in [2.75, 3.05) is 19.8 Å². The van der Waals surface area contributed by atoms with Crippen LogP contribution in [0.4, 0.5) is 0 Å². The number of aliphatic hydroxyl groups excluding tert-OH is 1. The largest absolute Gasteiger partial charge is 0.457 e. The summed E-state index contributed by atoms with van der Waals surface area (Å²) in [7, 11) is 0. The zero-order chi connectivity index (χ0) is 34.1. The van der Waals surface area contributed by atoms with E-state index in [1.54, 1.807) is 0 Å². The first-order valence-electron chi connectivity index (χ1n) is 20.2. The third kappa shape index (κ3) is 38.7. The second-order valence-corrected chi connectivity index (χ2v) is 13.3. The summed E-state index contributed by atoms with van der Waals surface area (Å²) < 4.78 is 11.1. The van der Waals surface area contributed by atoms with E-state index < -0.39 is 6.10 Å². The lowest BCUT2D eigenvalue weighted by Gasteiger charge is -2.16. The van der Waals surface area contributed by atoms with E-state index in [0.29, 0.717) is 19.6 Å². The molecule has 4 heteroatoms. The number of carbonyl (C=O) groups is 1. The molecule has 0 amide bonds. The van der Waals surface area contributed by atoms with Gasteiger partial charge in [-0.25, -0.2) is 0 Å². The van der Waals surface area contributed by atoms with Crippen LogP contribution in [0.1, 0.15) is 194 Å². The first-order valence-corrected chi connectivity index (χ1v) is 20.2. The Hall–Kier alpha value is -1.65. The zero-order valence-corrected chi connectivity index (χ0v) is 31.3. The van der Waals surface area contributed by atoms with E-state index in [1.165, 1.54) is 128 Å². The van der Waals surface area contributed by atoms with Crippen LogP contribution in [0.5, 0.6) is 0 Å². The maximum absolute atomic E-state index is 12.2. The fourth-order valence-electron chi connectivity index (χ4n) is 5.67. The molecule has 0 fully saturated rings. The van der Waals surface area contributed by atoms with Gasteiger partial charge < -0.3 is 14.6 Å². The molecule has 0 saturated carbocycles. The monoisotopic (exact) mass is 659 g/mol. The summed E-state index contributed by atoms with van der Waals surface area (Å²) in [6.07, 6.45) is 51.6. The molecule has 0 spiro atoms. The van der Waals surface area contributed by atoms with Crippen molar-refractivity contribution < 1.29 is 19.4 Å². The van der Waals surface area contributed by atoms with Crippen molar-refractivity contribution in [3.63, 3.8) is 0 Å². The smallest absolute Gasteiger partial charge is 0.306 e. The molecule has 47 heavy (non-hydrogen) atoms. The highest BCUT2D eigenvalue weighted by Gasteiger charge is 2.13. The number of unbranched alkanes of at least 4 members (excludes halogenated alkanes) is 21. The Balaban J connectivity index is 3.45. The predicted molar refractivity (Wildman–Crippen MR) is 205 cm³/mol. The number of esters is 1. The van der Waals surface area contributed by atoms with E-state index in [4.69, 9.17) is 9.47 Å². The van der Waals surface area contributed by atoms with Crippen LogP contribution in [0.25, 0.3) is 0 Å². The van der Waals surface area contributed by atoms with E-state index in [-0.39, 0.29) is 12.6 Å². The standard InChI is InChI=1S/C43H78O4/c1-3-5-7-9-11-13-15-17-19-20-21-22-23-25-27-29-31-33-35-37-39-46-41-42(40-44)47-43(45)38-36-34-32-30-28-26-24-18-16-14-12-10-8-6-4-2/h5,7,11,13,17,19,21-22,42,44H,3-4,6,8-10,12,14-16,18,20,23-41H2,1-2H3/b7-5-,13-11-,19-17-,22-21-. The second-order valence-electron chi connectivity index (χ2n) is 13.3. The van der Waals surface area contributed by atoms with E-state index in [2.05, 4.69) is 62.5 Å². The molecular weight excluding hydrogens is 580 g/mol. The molecule has 0 heterocycles. The van der Waals surface area contributed by atoms with Crippen LogP contribution in [0.2, 0.25) is 0 Å². The summed E-state index contributed by atoms with van der Waals surface area (Å²) in [6.45, 7) is 5.22. The van der Waals surface area contributed by atoms with Gasteiger partial charge >= 0.3 is 5.97 Å². The van der Waals surface area contributed by atoms with Crippen LogP contribution in [0.3, 0.4) is 0 Å². The fourth-order valence-corrected chi connectivity index (χ4v) is 5.67. The number of ether oxygens (including phenoxy) is 2. The average molecular weight is 659 g/mol. The summed E-state index contributed by atoms with van der Waals surface area (Å²) in [5.41, 5.74) is 0. The van der Waals surface area contributed by atoms with Gasteiger partial charge in [0.25, 0.3) is 0 Å². The van der Waals surface area contributed by atoms with E-state index in [1.807, 2.05) is 0 Å². The third-order valence-corrected chi connectivity index (χ3v) is 8.67. The van der Waals surface area contributed by atoms with Gasteiger partial charge in [0, 0.05) is 13.0 Å². The van der Waals surface area contributed by atoms with Crippen LogP contribution < -0.4 is 0 Å². The van der Waals surface area contributed by atoms with Gasteiger partial charge in [-0.15, -0.1) is 0 Å². The number of hydrogen-bond donors (Lipinski definition) is 1. The van der Waals surface area contributed by atoms with Gasteiger partial charge in [-0.1, -0.05) is 184 Å². The van der Waals surface area contributed by atoms with Crippen molar-refractivity contribution in [2.24, 2.45) is 0 Å². The van der Waals surface area contributed by atoms with Gasteiger partial charge in [-0.05, 0) is 51.4 Å². The summed E-state index contributed by atoms with van der Waals surface area (Å²) in [5, 5.41) is 9.58. The van der Waals surface area contributed by atoms with E-state index in [0.717, 1.165) is 44.9 Å². The molecule has 0 rings (SSSR count). The molecular formula is C43H78O4. The quantitative estimate of drug-likeness (QED) is 0.0410. The minimum atomic E-state index is -0.538. The lowest BCUT2D eigenvalue weighted by Crippen LogP contribution is -2.27. The highest BCUT2D eigenvalue weighted by Crippen LogP contribution is 2.14. The van der Waals surface area contributed by atoms with Gasteiger partial charge in [0.05, 0.1) is 13.2 Å². The van der Waals surface area contributed by atoms with Crippen molar-refractivity contribution in [1.29, 1.82) is 0 Å². The van der Waals surface area contributed by atoms with Gasteiger partial charge in [-0.3, -0.25) is 4.79 Å². The second kappa shape index (κ2) is 40.5. The summed E-state index contributed by atoms with van der Waals surface area (Å²) in [6, 6.07) is 0. The zero-order valence-electron chi connectivity index (χ0n) is 31.3. The lowest BCUT2D eigenvalue weighted by molar-refractivity contribution is -0.154. The Morgan fingerprint density at radius 1 is 0.532 bits per heavy atom. The Labute approximate surface area is 292 Å². The summed E-state index contributed by atoms with van der Waals surface area (Å²) in [4.78, 5) is 12.2. The molecule has 0 aromatic rings. The normalized spacial score (nSPS) is 12.8. The molecule has 0 bridgehead atoms. The van der Waals surface area contributed by atoms with Crippen LogP contribution in [-0.2, 0) is 14.3 Å². The molecule has 0 radical (unpaired) electrons. The number of aliphatic hydroxyl groups is 1. The molecule has 0 aliphatic carbocycles. The van der Waals surface area contributed by atoms with Crippen LogP contribution >= 0.6 is 0 Å². The SMILES string of the molecule is CC/C=C\C/C=C\C/C=C\C/C=C\CCCCCCCCCOCC(CO)OC(=O)CCCCCCCCCCCCCCCCC. The van der Waals surface area contributed by atoms with Crippen molar-refractivity contribution in [3.05, 3.63) is 48.6 Å². The molecule has 0 aliphatic heterocycles. The molecule has 0 aliphatic rings. The van der Waals surface area contributed by atoms with Crippen molar-refractivity contribution in [1.82, 2.24) is 0 Å². The highest BCUT2D eigenvalue weighted by molar-refractivity contribution is 5.69. The van der Waals surface area contributed by atoms with E-state index in [9.17, 15) is 9.90 Å². The molecule has 274 valence electrons. The number of allylic oxidation sites excluding steroid dienone is 8. The van der Waals surface area contributed by atoms with Crippen molar-refractivity contribution >= 4 is 5.97 Å². The first-order chi connectivity index (χ1) is 23.2. The first kappa shape index (κ1) is 45.3. The van der Waals surface area contributed by atoms with E-state index >= 15 is 0 Å². The molecule has 1 atom stereocenters. The van der Waals surface area contributed by atoms with Gasteiger partial charge in [-0.2, -0.15) is 0 Å². The highest BCUT2D eigenvalue weighted by atomic mass is 16.6. The molecule has 4 nitrogen and oxygen atoms in total. The van der Waals surface area contributed by atoms with Crippen LogP contribution in [0, 0.1) is 0 Å². The Morgan fingerprint density at radius 3 is 1.45 bits per heavy atom. The average Bonchev–Trinajstić information content (AvgIpc) is 3.08. The molecule has 0 aromatic heterocycles. The van der Waals surface area contributed by atoms with Crippen molar-refractivity contribution in [2.45, 2.75) is 200 Å². The van der Waals surface area contributed by atoms with Gasteiger partial charge in [0.2, 0.25) is 0 Å². The Kier molecular flexibility index (Phi) is 39.1. The maximum atomic E-state index is 12.2. The topological polar surface area (TPSA) is 55.8 Å². The third-order valence-electron chi connectivity index (χ3n) is 8.67. The fraction of sp³-hybridized carbons (Fsp3) is 0.791. The lowest BCUT2D eigenvalue weighted by atomic mass is 10.0. The van der Waals surface area contributed by atoms with Crippen LogP contribution in [-0.4, -0.2) is 37.0 Å². The maximum Gasteiger partial charge on any atom is 0.306 e.